The summed E-state index contributed by atoms with van der Waals surface area (Å²) in [5.41, 5.74) is 0.985. The van der Waals surface area contributed by atoms with Crippen LogP contribution in [0.15, 0.2) is 24.3 Å². The van der Waals surface area contributed by atoms with Gasteiger partial charge in [-0.25, -0.2) is 0 Å². The van der Waals surface area contributed by atoms with E-state index in [2.05, 4.69) is 10.6 Å². The predicted molar refractivity (Wildman–Crippen MR) is 63.5 cm³/mol. The van der Waals surface area contributed by atoms with Gasteiger partial charge in [0.15, 0.2) is 0 Å². The third kappa shape index (κ3) is 4.55. The zero-order chi connectivity index (χ0) is 12.7. The summed E-state index contributed by atoms with van der Waals surface area (Å²) in [5, 5.41) is 14.0. The summed E-state index contributed by atoms with van der Waals surface area (Å²) in [4.78, 5) is 22.3. The lowest BCUT2D eigenvalue weighted by molar-refractivity contribution is -0.139. The van der Waals surface area contributed by atoms with Crippen molar-refractivity contribution in [3.63, 3.8) is 0 Å². The summed E-state index contributed by atoms with van der Waals surface area (Å²) in [6, 6.07) is 6.71. The minimum atomic E-state index is -0.620. The average Bonchev–Trinajstić information content (AvgIpc) is 2.32. The first kappa shape index (κ1) is 13.0. The van der Waals surface area contributed by atoms with Gasteiger partial charge in [-0.2, -0.15) is 0 Å². The minimum absolute atomic E-state index is 0.208. The summed E-state index contributed by atoms with van der Waals surface area (Å²) in [6.07, 6.45) is 0.616. The average molecular weight is 236 g/mol. The number of aromatic hydroxyl groups is 1. The van der Waals surface area contributed by atoms with Gasteiger partial charge in [-0.3, -0.25) is 9.59 Å². The lowest BCUT2D eigenvalue weighted by atomic mass is 10.1. The molecule has 0 spiro atoms. The molecule has 1 aromatic carbocycles. The Morgan fingerprint density at radius 1 is 1.12 bits per heavy atom. The van der Waals surface area contributed by atoms with Gasteiger partial charge in [-0.05, 0) is 31.0 Å². The Morgan fingerprint density at radius 3 is 2.29 bits per heavy atom. The van der Waals surface area contributed by atoms with Gasteiger partial charge in [-0.15, -0.1) is 0 Å². The molecular weight excluding hydrogens is 220 g/mol. The number of rotatable bonds is 4. The Balaban J connectivity index is 2.30. The lowest BCUT2D eigenvalue weighted by Gasteiger charge is -2.05. The van der Waals surface area contributed by atoms with Crippen LogP contribution in [0.2, 0.25) is 0 Å². The molecular formula is C12H16N2O3. The second-order valence-electron chi connectivity index (χ2n) is 3.53. The number of nitrogens with one attached hydrogen (secondary N) is 2. The zero-order valence-electron chi connectivity index (χ0n) is 9.69. The second kappa shape index (κ2) is 6.52. The number of amides is 2. The standard InChI is InChI=1S/C12H16N2O3/c1-2-13-11(16)12(17)14-8-7-9-3-5-10(15)6-4-9/h3-6,15H,2,7-8H2,1H3,(H,13,16)(H,14,17). The fraction of sp³-hybridized carbons (Fsp3) is 0.333. The first-order valence-corrected chi connectivity index (χ1v) is 5.47. The number of likely N-dealkylation sites (N-methyl/N-ethyl adjacent to an activating group) is 1. The van der Waals surface area contributed by atoms with Crippen LogP contribution in [0, 0.1) is 0 Å². The molecule has 0 saturated carbocycles. The number of benzene rings is 1. The van der Waals surface area contributed by atoms with Crippen molar-refractivity contribution < 1.29 is 14.7 Å². The predicted octanol–water partition coefficient (Wildman–Crippen LogP) is 0.187. The van der Waals surface area contributed by atoms with Crippen molar-refractivity contribution in [3.05, 3.63) is 29.8 Å². The number of phenolic OH excluding ortho intramolecular Hbond substituents is 1. The fourth-order valence-corrected chi connectivity index (χ4v) is 1.30. The molecule has 0 aromatic heterocycles. The number of phenols is 1. The highest BCUT2D eigenvalue weighted by Gasteiger charge is 2.10. The molecule has 0 aliphatic rings. The van der Waals surface area contributed by atoms with E-state index in [0.29, 0.717) is 19.5 Å². The molecule has 0 aliphatic carbocycles. The molecule has 0 atom stereocenters. The Bertz CT molecular complexity index is 387. The van der Waals surface area contributed by atoms with E-state index in [4.69, 9.17) is 5.11 Å². The van der Waals surface area contributed by atoms with Crippen LogP contribution in [0.3, 0.4) is 0 Å². The first-order valence-electron chi connectivity index (χ1n) is 5.47. The van der Waals surface area contributed by atoms with Crippen molar-refractivity contribution in [1.29, 1.82) is 0 Å². The van der Waals surface area contributed by atoms with Crippen LogP contribution >= 0.6 is 0 Å². The lowest BCUT2D eigenvalue weighted by Crippen LogP contribution is -2.40. The number of carbonyl (C=O) groups excluding carboxylic acids is 2. The topological polar surface area (TPSA) is 78.4 Å². The number of carbonyl (C=O) groups is 2. The van der Waals surface area contributed by atoms with Crippen molar-refractivity contribution in [2.45, 2.75) is 13.3 Å². The summed E-state index contributed by atoms with van der Waals surface area (Å²) < 4.78 is 0. The molecule has 5 heteroatoms. The van der Waals surface area contributed by atoms with Crippen molar-refractivity contribution >= 4 is 11.8 Å². The third-order valence-corrected chi connectivity index (χ3v) is 2.18. The van der Waals surface area contributed by atoms with Crippen LogP contribution in [-0.4, -0.2) is 30.0 Å². The summed E-state index contributed by atoms with van der Waals surface area (Å²) in [7, 11) is 0. The van der Waals surface area contributed by atoms with E-state index in [9.17, 15) is 9.59 Å². The molecule has 0 radical (unpaired) electrons. The van der Waals surface area contributed by atoms with Gasteiger partial charge in [0.25, 0.3) is 0 Å². The largest absolute Gasteiger partial charge is 0.508 e. The normalized spacial score (nSPS) is 9.71. The smallest absolute Gasteiger partial charge is 0.309 e. The highest BCUT2D eigenvalue weighted by Crippen LogP contribution is 2.09. The molecule has 0 aliphatic heterocycles. The Morgan fingerprint density at radius 2 is 1.71 bits per heavy atom. The number of hydrogen-bond acceptors (Lipinski definition) is 3. The van der Waals surface area contributed by atoms with Gasteiger partial charge in [0, 0.05) is 13.1 Å². The summed E-state index contributed by atoms with van der Waals surface area (Å²) in [6.45, 7) is 2.58. The molecule has 5 nitrogen and oxygen atoms in total. The molecule has 3 N–H and O–H groups in total. The van der Waals surface area contributed by atoms with Gasteiger partial charge in [-0.1, -0.05) is 12.1 Å². The molecule has 0 saturated heterocycles. The van der Waals surface area contributed by atoms with E-state index in [0.717, 1.165) is 5.56 Å². The second-order valence-corrected chi connectivity index (χ2v) is 3.53. The van der Waals surface area contributed by atoms with Crippen LogP contribution in [0.25, 0.3) is 0 Å². The quantitative estimate of drug-likeness (QED) is 0.653. The SMILES string of the molecule is CCNC(=O)C(=O)NCCc1ccc(O)cc1. The maximum Gasteiger partial charge on any atom is 0.309 e. The fourth-order valence-electron chi connectivity index (χ4n) is 1.30. The van der Waals surface area contributed by atoms with Gasteiger partial charge in [0.05, 0.1) is 0 Å². The van der Waals surface area contributed by atoms with E-state index in [1.807, 2.05) is 0 Å². The Hall–Kier alpha value is -2.04. The summed E-state index contributed by atoms with van der Waals surface area (Å²) in [5.74, 6) is -1.02. The van der Waals surface area contributed by atoms with Crippen molar-refractivity contribution in [3.8, 4) is 5.75 Å². The first-order chi connectivity index (χ1) is 8.13. The maximum absolute atomic E-state index is 11.2. The molecule has 92 valence electrons. The Kier molecular flexibility index (Phi) is 5.00. The van der Waals surface area contributed by atoms with Crippen LogP contribution in [0.1, 0.15) is 12.5 Å². The van der Waals surface area contributed by atoms with Crippen LogP contribution in [-0.2, 0) is 16.0 Å². The van der Waals surface area contributed by atoms with Crippen LogP contribution in [0.4, 0.5) is 0 Å². The van der Waals surface area contributed by atoms with Gasteiger partial charge in [0.2, 0.25) is 0 Å². The van der Waals surface area contributed by atoms with E-state index in [-0.39, 0.29) is 5.75 Å². The van der Waals surface area contributed by atoms with E-state index < -0.39 is 11.8 Å². The molecule has 0 heterocycles. The van der Waals surface area contributed by atoms with Crippen molar-refractivity contribution in [1.82, 2.24) is 10.6 Å². The monoisotopic (exact) mass is 236 g/mol. The zero-order valence-corrected chi connectivity index (χ0v) is 9.69. The van der Waals surface area contributed by atoms with Crippen molar-refractivity contribution in [2.75, 3.05) is 13.1 Å². The molecule has 0 fully saturated rings. The van der Waals surface area contributed by atoms with Gasteiger partial charge < -0.3 is 15.7 Å². The number of hydrogen-bond donors (Lipinski definition) is 3. The van der Waals surface area contributed by atoms with Gasteiger partial charge >= 0.3 is 11.8 Å². The molecule has 2 amide bonds. The highest BCUT2D eigenvalue weighted by molar-refractivity contribution is 6.35. The van der Waals surface area contributed by atoms with E-state index in [1.165, 1.54) is 0 Å². The van der Waals surface area contributed by atoms with E-state index in [1.54, 1.807) is 31.2 Å². The van der Waals surface area contributed by atoms with Crippen LogP contribution < -0.4 is 10.6 Å². The minimum Gasteiger partial charge on any atom is -0.508 e. The highest BCUT2D eigenvalue weighted by atomic mass is 16.3. The Labute approximate surface area is 99.8 Å². The molecule has 0 bridgehead atoms. The van der Waals surface area contributed by atoms with Crippen LogP contribution in [0.5, 0.6) is 5.75 Å². The molecule has 17 heavy (non-hydrogen) atoms. The summed E-state index contributed by atoms with van der Waals surface area (Å²) >= 11 is 0. The molecule has 1 aromatic rings. The van der Waals surface area contributed by atoms with Gasteiger partial charge in [0.1, 0.15) is 5.75 Å². The van der Waals surface area contributed by atoms with E-state index >= 15 is 0 Å². The maximum atomic E-state index is 11.2. The molecule has 0 unspecified atom stereocenters. The van der Waals surface area contributed by atoms with Crippen molar-refractivity contribution in [2.24, 2.45) is 0 Å². The molecule has 1 rings (SSSR count). The third-order valence-electron chi connectivity index (χ3n) is 2.18.